The highest BCUT2D eigenvalue weighted by Gasteiger charge is 2.11. The highest BCUT2D eigenvalue weighted by molar-refractivity contribution is 8.16. The molecule has 0 atom stereocenters. The Morgan fingerprint density at radius 2 is 1.88 bits per heavy atom. The molecule has 0 radical (unpaired) electrons. The molecule has 0 aromatic heterocycles. The van der Waals surface area contributed by atoms with Crippen LogP contribution in [0.15, 0.2) is 0 Å². The minimum atomic E-state index is -0.596. The molecule has 0 amide bonds. The summed E-state index contributed by atoms with van der Waals surface area (Å²) in [6, 6.07) is 0. The van der Waals surface area contributed by atoms with Crippen LogP contribution in [0.1, 0.15) is 12.8 Å². The lowest BCUT2D eigenvalue weighted by Crippen LogP contribution is -2.01. The Bertz CT molecular complexity index is 75.8. The van der Waals surface area contributed by atoms with Gasteiger partial charge in [0.05, 0.1) is 3.41 Å². The molecule has 0 bridgehead atoms. The molecule has 0 fully saturated rings. The lowest BCUT2D eigenvalue weighted by molar-refractivity contribution is -0.107. The van der Waals surface area contributed by atoms with Gasteiger partial charge in [0.1, 0.15) is 6.29 Å². The average Bonchev–Trinajstić information content (AvgIpc) is 1.59. The Hall–Kier alpha value is 0.720. The van der Waals surface area contributed by atoms with E-state index in [-0.39, 0.29) is 0 Å². The van der Waals surface area contributed by atoms with Crippen LogP contribution in [0.3, 0.4) is 0 Å². The van der Waals surface area contributed by atoms with Crippen LogP contribution in [0.25, 0.3) is 0 Å². The first-order valence-corrected chi connectivity index (χ1v) is 3.51. The molecular formula is C4H8OS3. The lowest BCUT2D eigenvalue weighted by Gasteiger charge is -2.11. The molecule has 0 aromatic carbocycles. The zero-order valence-corrected chi connectivity index (χ0v) is 6.92. The molecule has 0 aliphatic heterocycles. The Labute approximate surface area is 65.5 Å². The number of hydrogen-bond acceptors (Lipinski definition) is 4. The summed E-state index contributed by atoms with van der Waals surface area (Å²) in [6.07, 6.45) is 1.89. The molecule has 0 saturated heterocycles. The molecule has 0 aliphatic carbocycles. The highest BCUT2D eigenvalue weighted by atomic mass is 32.2. The third-order valence-corrected chi connectivity index (χ3v) is 1.27. The van der Waals surface area contributed by atoms with Gasteiger partial charge in [-0.1, -0.05) is 0 Å². The van der Waals surface area contributed by atoms with Crippen molar-refractivity contribution >= 4 is 44.2 Å². The minimum absolute atomic E-state index is 0.469. The monoisotopic (exact) mass is 168 g/mol. The maximum absolute atomic E-state index is 9.75. The number of thiol groups is 3. The van der Waals surface area contributed by atoms with E-state index in [0.29, 0.717) is 12.8 Å². The number of aldehydes is 1. The molecule has 0 N–H and O–H groups in total. The molecule has 0 aliphatic rings. The summed E-state index contributed by atoms with van der Waals surface area (Å²) in [6.45, 7) is 0. The fourth-order valence-electron chi connectivity index (χ4n) is 0.253. The van der Waals surface area contributed by atoms with Crippen LogP contribution in [-0.2, 0) is 4.79 Å². The van der Waals surface area contributed by atoms with Crippen molar-refractivity contribution in [1.29, 1.82) is 0 Å². The van der Waals surface area contributed by atoms with Crippen LogP contribution in [0.4, 0.5) is 0 Å². The number of hydrogen-bond donors (Lipinski definition) is 3. The maximum Gasteiger partial charge on any atom is 0.120 e. The summed E-state index contributed by atoms with van der Waals surface area (Å²) in [7, 11) is 0. The molecule has 0 aromatic rings. The van der Waals surface area contributed by atoms with E-state index >= 15 is 0 Å². The van der Waals surface area contributed by atoms with Gasteiger partial charge in [-0.2, -0.15) is 37.9 Å². The van der Waals surface area contributed by atoms with Crippen molar-refractivity contribution in [1.82, 2.24) is 0 Å². The smallest absolute Gasteiger partial charge is 0.120 e. The predicted octanol–water partition coefficient (Wildman–Crippen LogP) is 1.41. The van der Waals surface area contributed by atoms with Crippen LogP contribution in [-0.4, -0.2) is 9.70 Å². The first-order valence-electron chi connectivity index (χ1n) is 2.17. The average molecular weight is 168 g/mol. The van der Waals surface area contributed by atoms with Gasteiger partial charge < -0.3 is 4.79 Å². The molecule has 8 heavy (non-hydrogen) atoms. The number of rotatable bonds is 3. The maximum atomic E-state index is 9.75. The SMILES string of the molecule is O=CCCC(S)(S)S. The van der Waals surface area contributed by atoms with Gasteiger partial charge in [-0.25, -0.2) is 0 Å². The molecule has 0 unspecified atom stereocenters. The first kappa shape index (κ1) is 8.72. The summed E-state index contributed by atoms with van der Waals surface area (Å²) in [5.41, 5.74) is 0. The Kier molecular flexibility index (Phi) is 4.02. The molecule has 4 heteroatoms. The van der Waals surface area contributed by atoms with E-state index in [1.165, 1.54) is 0 Å². The largest absolute Gasteiger partial charge is 0.303 e. The standard InChI is InChI=1S/C4H8OS3/c5-3-1-2-4(6,7)8/h3,6-8H,1-2H2. The van der Waals surface area contributed by atoms with Gasteiger partial charge in [-0.05, 0) is 6.42 Å². The van der Waals surface area contributed by atoms with Gasteiger partial charge in [-0.3, -0.25) is 0 Å². The Balaban J connectivity index is 3.24. The topological polar surface area (TPSA) is 17.1 Å². The number of carbonyl (C=O) groups is 1. The second kappa shape index (κ2) is 3.69. The van der Waals surface area contributed by atoms with Crippen LogP contribution in [0.2, 0.25) is 0 Å². The van der Waals surface area contributed by atoms with Crippen molar-refractivity contribution in [3.8, 4) is 0 Å². The van der Waals surface area contributed by atoms with Gasteiger partial charge in [0.25, 0.3) is 0 Å². The minimum Gasteiger partial charge on any atom is -0.303 e. The van der Waals surface area contributed by atoms with E-state index < -0.39 is 3.41 Å². The van der Waals surface area contributed by atoms with E-state index in [1.807, 2.05) is 0 Å². The summed E-state index contributed by atoms with van der Waals surface area (Å²) in [5.74, 6) is 0. The lowest BCUT2D eigenvalue weighted by atomic mass is 10.4. The van der Waals surface area contributed by atoms with E-state index in [9.17, 15) is 4.79 Å². The summed E-state index contributed by atoms with van der Waals surface area (Å²) in [4.78, 5) is 9.75. The molecule has 0 saturated carbocycles. The second-order valence-corrected chi connectivity index (χ2v) is 4.83. The van der Waals surface area contributed by atoms with Gasteiger partial charge in [0, 0.05) is 6.42 Å². The normalized spacial score (nSPS) is 11.4. The second-order valence-electron chi connectivity index (χ2n) is 1.48. The number of carbonyl (C=O) groups excluding carboxylic acids is 1. The third kappa shape index (κ3) is 6.72. The predicted molar refractivity (Wildman–Crippen MR) is 45.0 cm³/mol. The zero-order valence-electron chi connectivity index (χ0n) is 4.24. The van der Waals surface area contributed by atoms with Crippen LogP contribution >= 0.6 is 37.9 Å². The molecule has 0 rings (SSSR count). The van der Waals surface area contributed by atoms with Crippen molar-refractivity contribution < 1.29 is 4.79 Å². The van der Waals surface area contributed by atoms with Gasteiger partial charge in [-0.15, -0.1) is 0 Å². The molecule has 48 valence electrons. The Morgan fingerprint density at radius 1 is 1.38 bits per heavy atom. The molecule has 1 nitrogen and oxygen atoms in total. The summed E-state index contributed by atoms with van der Waals surface area (Å²) < 4.78 is -0.596. The Morgan fingerprint density at radius 3 is 2.00 bits per heavy atom. The summed E-state index contributed by atoms with van der Waals surface area (Å²) in [5, 5.41) is 0. The molecule has 0 spiro atoms. The van der Waals surface area contributed by atoms with Gasteiger partial charge in [0.15, 0.2) is 0 Å². The summed E-state index contributed by atoms with van der Waals surface area (Å²) >= 11 is 11.9. The van der Waals surface area contributed by atoms with Crippen molar-refractivity contribution in [2.24, 2.45) is 0 Å². The molecular weight excluding hydrogens is 160 g/mol. The molecule has 0 heterocycles. The van der Waals surface area contributed by atoms with Gasteiger partial charge in [0.2, 0.25) is 0 Å². The van der Waals surface area contributed by atoms with E-state index in [0.717, 1.165) is 6.29 Å². The van der Waals surface area contributed by atoms with E-state index in [1.54, 1.807) is 0 Å². The van der Waals surface area contributed by atoms with Crippen molar-refractivity contribution in [3.05, 3.63) is 0 Å². The van der Waals surface area contributed by atoms with Crippen molar-refractivity contribution in [2.45, 2.75) is 16.3 Å². The third-order valence-electron chi connectivity index (χ3n) is 0.598. The van der Waals surface area contributed by atoms with Crippen LogP contribution < -0.4 is 0 Å². The van der Waals surface area contributed by atoms with Crippen LogP contribution in [0.5, 0.6) is 0 Å². The van der Waals surface area contributed by atoms with Crippen molar-refractivity contribution in [3.63, 3.8) is 0 Å². The van der Waals surface area contributed by atoms with E-state index in [4.69, 9.17) is 0 Å². The zero-order chi connectivity index (χ0) is 6.62. The van der Waals surface area contributed by atoms with Crippen molar-refractivity contribution in [2.75, 3.05) is 0 Å². The highest BCUT2D eigenvalue weighted by Crippen LogP contribution is 2.28. The quantitative estimate of drug-likeness (QED) is 0.330. The van der Waals surface area contributed by atoms with Gasteiger partial charge >= 0.3 is 0 Å². The fraction of sp³-hybridized carbons (Fsp3) is 0.750. The first-order chi connectivity index (χ1) is 3.56. The van der Waals surface area contributed by atoms with Crippen LogP contribution in [0, 0.1) is 0 Å². The van der Waals surface area contributed by atoms with E-state index in [2.05, 4.69) is 37.9 Å². The fourth-order valence-corrected chi connectivity index (χ4v) is 0.640.